The van der Waals surface area contributed by atoms with Crippen molar-refractivity contribution >= 4 is 0 Å². The molecule has 3 rings (SSSR count). The molecular formula is C19H27N3O3. The van der Waals surface area contributed by atoms with Crippen LogP contribution in [0, 0.1) is 5.92 Å². The molecule has 0 bridgehead atoms. The van der Waals surface area contributed by atoms with Crippen molar-refractivity contribution < 1.29 is 14.2 Å². The topological polar surface area (TPSA) is 57.5 Å². The Labute approximate surface area is 149 Å². The minimum atomic E-state index is 0.206. The van der Waals surface area contributed by atoms with Gasteiger partial charge in [-0.25, -0.2) is 4.98 Å². The predicted octanol–water partition coefficient (Wildman–Crippen LogP) is 2.69. The van der Waals surface area contributed by atoms with Gasteiger partial charge in [0, 0.05) is 39.2 Å². The molecule has 1 fully saturated rings. The molecule has 0 radical (unpaired) electrons. The number of nitrogens with one attached hydrogen (secondary N) is 1. The SMILES string of the molecule is COc1ccc(CNC(c2nccn2C)C2CCOCC2)cc1OC. The molecule has 1 aliphatic rings. The number of hydrogen-bond acceptors (Lipinski definition) is 5. The zero-order chi connectivity index (χ0) is 17.6. The number of hydrogen-bond donors (Lipinski definition) is 1. The summed E-state index contributed by atoms with van der Waals surface area (Å²) in [4.78, 5) is 4.58. The average Bonchev–Trinajstić information content (AvgIpc) is 3.08. The fraction of sp³-hybridized carbons (Fsp3) is 0.526. The van der Waals surface area contributed by atoms with Crippen LogP contribution in [0.5, 0.6) is 11.5 Å². The Morgan fingerprint density at radius 3 is 2.64 bits per heavy atom. The van der Waals surface area contributed by atoms with Crippen molar-refractivity contribution in [2.45, 2.75) is 25.4 Å². The van der Waals surface area contributed by atoms with E-state index < -0.39 is 0 Å². The number of imidazole rings is 1. The van der Waals surface area contributed by atoms with Crippen LogP contribution in [0.2, 0.25) is 0 Å². The first kappa shape index (κ1) is 17.8. The third-order valence-corrected chi connectivity index (χ3v) is 4.85. The minimum absolute atomic E-state index is 0.206. The van der Waals surface area contributed by atoms with Crippen molar-refractivity contribution in [1.29, 1.82) is 0 Å². The monoisotopic (exact) mass is 345 g/mol. The Morgan fingerprint density at radius 1 is 1.24 bits per heavy atom. The van der Waals surface area contributed by atoms with Gasteiger partial charge in [0.05, 0.1) is 20.3 Å². The summed E-state index contributed by atoms with van der Waals surface area (Å²) in [7, 11) is 5.36. The van der Waals surface area contributed by atoms with Crippen LogP contribution in [-0.4, -0.2) is 37.0 Å². The molecule has 0 saturated carbocycles. The lowest BCUT2D eigenvalue weighted by Crippen LogP contribution is -2.33. The largest absolute Gasteiger partial charge is 0.493 e. The van der Waals surface area contributed by atoms with E-state index in [0.717, 1.165) is 55.5 Å². The van der Waals surface area contributed by atoms with Gasteiger partial charge in [-0.15, -0.1) is 0 Å². The highest BCUT2D eigenvalue weighted by molar-refractivity contribution is 5.42. The summed E-state index contributed by atoms with van der Waals surface area (Å²) in [5.41, 5.74) is 1.16. The lowest BCUT2D eigenvalue weighted by Gasteiger charge is -2.31. The number of aryl methyl sites for hydroxylation is 1. The fourth-order valence-corrected chi connectivity index (χ4v) is 3.41. The van der Waals surface area contributed by atoms with Crippen molar-refractivity contribution in [3.63, 3.8) is 0 Å². The number of benzene rings is 1. The number of methoxy groups -OCH3 is 2. The maximum atomic E-state index is 5.53. The third-order valence-electron chi connectivity index (χ3n) is 4.85. The van der Waals surface area contributed by atoms with Crippen molar-refractivity contribution in [3.8, 4) is 11.5 Å². The predicted molar refractivity (Wildman–Crippen MR) is 95.9 cm³/mol. The van der Waals surface area contributed by atoms with Crippen LogP contribution in [0.3, 0.4) is 0 Å². The van der Waals surface area contributed by atoms with E-state index in [1.807, 2.05) is 31.6 Å². The molecule has 6 heteroatoms. The second-order valence-electron chi connectivity index (χ2n) is 6.39. The van der Waals surface area contributed by atoms with Gasteiger partial charge < -0.3 is 24.1 Å². The lowest BCUT2D eigenvalue weighted by molar-refractivity contribution is 0.0518. The second-order valence-corrected chi connectivity index (χ2v) is 6.39. The first-order valence-corrected chi connectivity index (χ1v) is 8.72. The summed E-state index contributed by atoms with van der Waals surface area (Å²) in [6, 6.07) is 6.23. The van der Waals surface area contributed by atoms with Crippen LogP contribution in [0.4, 0.5) is 0 Å². The molecule has 6 nitrogen and oxygen atoms in total. The molecular weight excluding hydrogens is 318 g/mol. The van der Waals surface area contributed by atoms with Gasteiger partial charge in [0.1, 0.15) is 5.82 Å². The van der Waals surface area contributed by atoms with Crippen molar-refractivity contribution in [2.75, 3.05) is 27.4 Å². The molecule has 2 aromatic rings. The summed E-state index contributed by atoms with van der Waals surface area (Å²) in [6.07, 6.45) is 5.96. The van der Waals surface area contributed by atoms with Crippen LogP contribution < -0.4 is 14.8 Å². The maximum absolute atomic E-state index is 5.53. The van der Waals surface area contributed by atoms with E-state index in [4.69, 9.17) is 14.2 Å². The third kappa shape index (κ3) is 4.14. The highest BCUT2D eigenvalue weighted by atomic mass is 16.5. The number of rotatable bonds is 7. The van der Waals surface area contributed by atoms with E-state index >= 15 is 0 Å². The van der Waals surface area contributed by atoms with Gasteiger partial charge in [-0.05, 0) is 36.5 Å². The van der Waals surface area contributed by atoms with Crippen molar-refractivity contribution in [3.05, 3.63) is 42.0 Å². The Kier molecular flexibility index (Phi) is 5.94. The smallest absolute Gasteiger partial charge is 0.161 e. The zero-order valence-electron chi connectivity index (χ0n) is 15.2. The van der Waals surface area contributed by atoms with E-state index in [1.54, 1.807) is 14.2 Å². The van der Waals surface area contributed by atoms with E-state index in [0.29, 0.717) is 5.92 Å². The van der Waals surface area contributed by atoms with Gasteiger partial charge >= 0.3 is 0 Å². The zero-order valence-corrected chi connectivity index (χ0v) is 15.2. The fourth-order valence-electron chi connectivity index (χ4n) is 3.41. The molecule has 0 amide bonds. The summed E-state index contributed by atoms with van der Waals surface area (Å²) in [6.45, 7) is 2.39. The Morgan fingerprint density at radius 2 is 2.00 bits per heavy atom. The highest BCUT2D eigenvalue weighted by Gasteiger charge is 2.27. The van der Waals surface area contributed by atoms with Crippen LogP contribution in [-0.2, 0) is 18.3 Å². The summed E-state index contributed by atoms with van der Waals surface area (Å²) < 4.78 is 18.3. The minimum Gasteiger partial charge on any atom is -0.493 e. The quantitative estimate of drug-likeness (QED) is 0.836. The number of aromatic nitrogens is 2. The summed E-state index contributed by atoms with van der Waals surface area (Å²) in [5, 5.41) is 3.70. The molecule has 0 spiro atoms. The molecule has 1 atom stereocenters. The molecule has 1 aromatic carbocycles. The van der Waals surface area contributed by atoms with Crippen molar-refractivity contribution in [1.82, 2.24) is 14.9 Å². The van der Waals surface area contributed by atoms with Gasteiger partial charge in [0.15, 0.2) is 11.5 Å². The van der Waals surface area contributed by atoms with Crippen LogP contribution in [0.25, 0.3) is 0 Å². The number of nitrogens with zero attached hydrogens (tertiary/aromatic N) is 2. The highest BCUT2D eigenvalue weighted by Crippen LogP contribution is 2.31. The summed E-state index contributed by atoms with van der Waals surface area (Å²) >= 11 is 0. The first-order chi connectivity index (χ1) is 12.2. The molecule has 1 unspecified atom stereocenters. The van der Waals surface area contributed by atoms with Crippen LogP contribution in [0.15, 0.2) is 30.6 Å². The number of ether oxygens (including phenoxy) is 3. The molecule has 136 valence electrons. The van der Waals surface area contributed by atoms with Crippen LogP contribution >= 0.6 is 0 Å². The first-order valence-electron chi connectivity index (χ1n) is 8.72. The average molecular weight is 345 g/mol. The van der Waals surface area contributed by atoms with Gasteiger partial charge in [-0.3, -0.25) is 0 Å². The molecule has 1 saturated heterocycles. The molecule has 2 heterocycles. The molecule has 1 N–H and O–H groups in total. The Balaban J connectivity index is 1.75. The van der Waals surface area contributed by atoms with Crippen LogP contribution in [0.1, 0.15) is 30.3 Å². The lowest BCUT2D eigenvalue weighted by atomic mass is 9.91. The standard InChI is InChI=1S/C19H27N3O3/c1-22-9-8-20-19(22)18(15-6-10-25-11-7-15)21-13-14-4-5-16(23-2)17(12-14)24-3/h4-5,8-9,12,15,18,21H,6-7,10-11,13H2,1-3H3. The maximum Gasteiger partial charge on any atom is 0.161 e. The normalized spacial score (nSPS) is 16.6. The van der Waals surface area contributed by atoms with E-state index in [-0.39, 0.29) is 6.04 Å². The molecule has 1 aromatic heterocycles. The van der Waals surface area contributed by atoms with Crippen molar-refractivity contribution in [2.24, 2.45) is 13.0 Å². The Hall–Kier alpha value is -2.05. The van der Waals surface area contributed by atoms with Gasteiger partial charge in [-0.1, -0.05) is 6.07 Å². The molecule has 0 aliphatic carbocycles. The second kappa shape index (κ2) is 8.36. The van der Waals surface area contributed by atoms with Gasteiger partial charge in [0.2, 0.25) is 0 Å². The molecule has 25 heavy (non-hydrogen) atoms. The van der Waals surface area contributed by atoms with Gasteiger partial charge in [0.25, 0.3) is 0 Å². The van der Waals surface area contributed by atoms with Gasteiger partial charge in [-0.2, -0.15) is 0 Å². The van der Waals surface area contributed by atoms with E-state index in [9.17, 15) is 0 Å². The Bertz CT molecular complexity index is 680. The summed E-state index contributed by atoms with van der Waals surface area (Å²) in [5.74, 6) is 3.10. The van der Waals surface area contributed by atoms with E-state index in [1.165, 1.54) is 0 Å². The molecule has 1 aliphatic heterocycles. The van der Waals surface area contributed by atoms with E-state index in [2.05, 4.69) is 20.9 Å².